The zero-order chi connectivity index (χ0) is 18.2. The standard InChI is InChI=1S/C20H23NO4/c1-14(2)25-17-7-5-6-16(13-17)21-20(22)11-9-15-8-10-18(23-3)19(12-15)24-4/h5-14H,1-4H3,(H,21,22)/b11-9+. The molecule has 2 aromatic carbocycles. The van der Waals surface area contributed by atoms with Crippen LogP contribution in [-0.2, 0) is 4.79 Å². The summed E-state index contributed by atoms with van der Waals surface area (Å²) in [6.07, 6.45) is 3.26. The molecule has 0 aliphatic heterocycles. The molecular formula is C20H23NO4. The minimum absolute atomic E-state index is 0.0795. The highest BCUT2D eigenvalue weighted by Gasteiger charge is 2.04. The molecule has 0 saturated heterocycles. The molecule has 0 atom stereocenters. The number of nitrogens with one attached hydrogen (secondary N) is 1. The van der Waals surface area contributed by atoms with E-state index in [1.54, 1.807) is 38.5 Å². The summed E-state index contributed by atoms with van der Waals surface area (Å²) in [5, 5.41) is 2.82. The minimum Gasteiger partial charge on any atom is -0.493 e. The smallest absolute Gasteiger partial charge is 0.248 e. The van der Waals surface area contributed by atoms with Crippen molar-refractivity contribution < 1.29 is 19.0 Å². The van der Waals surface area contributed by atoms with Crippen molar-refractivity contribution in [3.63, 3.8) is 0 Å². The van der Waals surface area contributed by atoms with Gasteiger partial charge in [-0.05, 0) is 49.8 Å². The number of hydrogen-bond acceptors (Lipinski definition) is 4. The average Bonchev–Trinajstić information content (AvgIpc) is 2.59. The highest BCUT2D eigenvalue weighted by Crippen LogP contribution is 2.28. The molecular weight excluding hydrogens is 318 g/mol. The maximum atomic E-state index is 12.1. The fraction of sp³-hybridized carbons (Fsp3) is 0.250. The number of amides is 1. The van der Waals surface area contributed by atoms with E-state index < -0.39 is 0 Å². The van der Waals surface area contributed by atoms with Gasteiger partial charge in [0.05, 0.1) is 20.3 Å². The highest BCUT2D eigenvalue weighted by atomic mass is 16.5. The Kier molecular flexibility index (Phi) is 6.46. The lowest BCUT2D eigenvalue weighted by Gasteiger charge is -2.11. The number of ether oxygens (including phenoxy) is 3. The molecule has 132 valence electrons. The second kappa shape index (κ2) is 8.78. The van der Waals surface area contributed by atoms with E-state index in [-0.39, 0.29) is 12.0 Å². The van der Waals surface area contributed by atoms with E-state index in [1.165, 1.54) is 6.08 Å². The number of rotatable bonds is 7. The van der Waals surface area contributed by atoms with E-state index in [1.807, 2.05) is 38.1 Å². The van der Waals surface area contributed by atoms with Crippen LogP contribution < -0.4 is 19.5 Å². The number of hydrogen-bond donors (Lipinski definition) is 1. The summed E-state index contributed by atoms with van der Waals surface area (Å²) in [4.78, 5) is 12.1. The van der Waals surface area contributed by atoms with Crippen LogP contribution in [0.15, 0.2) is 48.5 Å². The van der Waals surface area contributed by atoms with E-state index in [4.69, 9.17) is 14.2 Å². The van der Waals surface area contributed by atoms with Crippen LogP contribution in [0.3, 0.4) is 0 Å². The second-order valence-corrected chi connectivity index (χ2v) is 5.63. The molecule has 0 aliphatic rings. The van der Waals surface area contributed by atoms with Gasteiger partial charge in [0.25, 0.3) is 0 Å². The summed E-state index contributed by atoms with van der Waals surface area (Å²) in [5.41, 5.74) is 1.52. The van der Waals surface area contributed by atoms with Crippen LogP contribution in [-0.4, -0.2) is 26.2 Å². The number of anilines is 1. The van der Waals surface area contributed by atoms with Crippen LogP contribution in [0.1, 0.15) is 19.4 Å². The van der Waals surface area contributed by atoms with Gasteiger partial charge in [-0.25, -0.2) is 0 Å². The number of methoxy groups -OCH3 is 2. The van der Waals surface area contributed by atoms with E-state index in [2.05, 4.69) is 5.32 Å². The van der Waals surface area contributed by atoms with Gasteiger partial charge in [0.2, 0.25) is 5.91 Å². The topological polar surface area (TPSA) is 56.8 Å². The zero-order valence-electron chi connectivity index (χ0n) is 14.9. The molecule has 5 nitrogen and oxygen atoms in total. The predicted molar refractivity (Wildman–Crippen MR) is 99.4 cm³/mol. The summed E-state index contributed by atoms with van der Waals surface area (Å²) in [7, 11) is 3.15. The Bertz CT molecular complexity index is 753. The van der Waals surface area contributed by atoms with Crippen molar-refractivity contribution in [3.8, 4) is 17.2 Å². The normalized spacial score (nSPS) is 10.8. The van der Waals surface area contributed by atoms with Crippen molar-refractivity contribution in [2.45, 2.75) is 20.0 Å². The Hall–Kier alpha value is -2.95. The van der Waals surface area contributed by atoms with Crippen molar-refractivity contribution in [2.24, 2.45) is 0 Å². The Morgan fingerprint density at radius 3 is 2.48 bits per heavy atom. The van der Waals surface area contributed by atoms with Crippen LogP contribution >= 0.6 is 0 Å². The van der Waals surface area contributed by atoms with Crippen LogP contribution in [0.4, 0.5) is 5.69 Å². The van der Waals surface area contributed by atoms with Crippen molar-refractivity contribution in [1.29, 1.82) is 0 Å². The molecule has 5 heteroatoms. The molecule has 0 bridgehead atoms. The first-order valence-corrected chi connectivity index (χ1v) is 7.99. The molecule has 0 radical (unpaired) electrons. The average molecular weight is 341 g/mol. The van der Waals surface area contributed by atoms with Crippen LogP contribution in [0, 0.1) is 0 Å². The van der Waals surface area contributed by atoms with Gasteiger partial charge in [0.15, 0.2) is 11.5 Å². The number of carbonyl (C=O) groups excluding carboxylic acids is 1. The molecule has 1 amide bonds. The van der Waals surface area contributed by atoms with Crippen molar-refractivity contribution in [2.75, 3.05) is 19.5 Å². The molecule has 0 aromatic heterocycles. The lowest BCUT2D eigenvalue weighted by atomic mass is 10.2. The molecule has 2 rings (SSSR count). The molecule has 0 fully saturated rings. The third kappa shape index (κ3) is 5.57. The largest absolute Gasteiger partial charge is 0.493 e. The van der Waals surface area contributed by atoms with Crippen molar-refractivity contribution in [3.05, 3.63) is 54.1 Å². The van der Waals surface area contributed by atoms with E-state index >= 15 is 0 Å². The van der Waals surface area contributed by atoms with Gasteiger partial charge in [-0.2, -0.15) is 0 Å². The number of carbonyl (C=O) groups is 1. The summed E-state index contributed by atoms with van der Waals surface area (Å²) < 4.78 is 16.1. The fourth-order valence-corrected chi connectivity index (χ4v) is 2.23. The van der Waals surface area contributed by atoms with E-state index in [0.717, 1.165) is 11.3 Å². The van der Waals surface area contributed by atoms with Gasteiger partial charge >= 0.3 is 0 Å². The first-order valence-electron chi connectivity index (χ1n) is 7.99. The second-order valence-electron chi connectivity index (χ2n) is 5.63. The van der Waals surface area contributed by atoms with Gasteiger partial charge in [-0.1, -0.05) is 12.1 Å². The zero-order valence-corrected chi connectivity index (χ0v) is 14.9. The Labute approximate surface area is 148 Å². The Morgan fingerprint density at radius 1 is 1.04 bits per heavy atom. The van der Waals surface area contributed by atoms with Crippen LogP contribution in [0.5, 0.6) is 17.2 Å². The molecule has 0 saturated carbocycles. The SMILES string of the molecule is COc1ccc(/C=C/C(=O)Nc2cccc(OC(C)C)c2)cc1OC. The first kappa shape index (κ1) is 18.4. The monoisotopic (exact) mass is 341 g/mol. The Morgan fingerprint density at radius 2 is 1.80 bits per heavy atom. The van der Waals surface area contributed by atoms with Gasteiger partial charge in [-0.3, -0.25) is 4.79 Å². The van der Waals surface area contributed by atoms with Gasteiger partial charge in [0.1, 0.15) is 5.75 Å². The number of benzene rings is 2. The van der Waals surface area contributed by atoms with Gasteiger partial charge in [-0.15, -0.1) is 0 Å². The molecule has 2 aromatic rings. The van der Waals surface area contributed by atoms with Crippen molar-refractivity contribution in [1.82, 2.24) is 0 Å². The maximum Gasteiger partial charge on any atom is 0.248 e. The fourth-order valence-electron chi connectivity index (χ4n) is 2.23. The van der Waals surface area contributed by atoms with Crippen molar-refractivity contribution >= 4 is 17.7 Å². The molecule has 0 unspecified atom stereocenters. The van der Waals surface area contributed by atoms with Gasteiger partial charge < -0.3 is 19.5 Å². The molecule has 0 heterocycles. The third-order valence-electron chi connectivity index (χ3n) is 3.31. The summed E-state index contributed by atoms with van der Waals surface area (Å²) >= 11 is 0. The summed E-state index contributed by atoms with van der Waals surface area (Å²) in [6.45, 7) is 3.91. The molecule has 0 spiro atoms. The van der Waals surface area contributed by atoms with Crippen LogP contribution in [0.2, 0.25) is 0 Å². The highest BCUT2D eigenvalue weighted by molar-refractivity contribution is 6.02. The van der Waals surface area contributed by atoms with Gasteiger partial charge in [0, 0.05) is 17.8 Å². The van der Waals surface area contributed by atoms with E-state index in [9.17, 15) is 4.79 Å². The third-order valence-corrected chi connectivity index (χ3v) is 3.31. The molecule has 25 heavy (non-hydrogen) atoms. The Balaban J connectivity index is 2.03. The minimum atomic E-state index is -0.225. The van der Waals surface area contributed by atoms with E-state index in [0.29, 0.717) is 17.2 Å². The molecule has 0 aliphatic carbocycles. The van der Waals surface area contributed by atoms with Crippen LogP contribution in [0.25, 0.3) is 6.08 Å². The summed E-state index contributed by atoms with van der Waals surface area (Å²) in [6, 6.07) is 12.8. The quantitative estimate of drug-likeness (QED) is 0.769. The first-order chi connectivity index (χ1) is 12.0. The maximum absolute atomic E-state index is 12.1. The lowest BCUT2D eigenvalue weighted by molar-refractivity contribution is -0.111. The lowest BCUT2D eigenvalue weighted by Crippen LogP contribution is -2.09. The molecule has 1 N–H and O–H groups in total. The predicted octanol–water partition coefficient (Wildman–Crippen LogP) is 4.14. The summed E-state index contributed by atoms with van der Waals surface area (Å²) in [5.74, 6) is 1.75.